The highest BCUT2D eigenvalue weighted by molar-refractivity contribution is 7.26. The van der Waals surface area contributed by atoms with Crippen LogP contribution in [0.5, 0.6) is 5.75 Å². The fourth-order valence-corrected chi connectivity index (χ4v) is 5.40. The van der Waals surface area contributed by atoms with Crippen molar-refractivity contribution in [1.82, 2.24) is 0 Å². The highest BCUT2D eigenvalue weighted by atomic mass is 32.1. The Kier molecular flexibility index (Phi) is 3.06. The van der Waals surface area contributed by atoms with Gasteiger partial charge < -0.3 is 9.68 Å². The van der Waals surface area contributed by atoms with Gasteiger partial charge in [0.25, 0.3) is 0 Å². The zero-order valence-corrected chi connectivity index (χ0v) is 14.9. The van der Waals surface area contributed by atoms with Crippen molar-refractivity contribution in [2.75, 3.05) is 0 Å². The molecule has 0 saturated carbocycles. The zero-order valence-electron chi connectivity index (χ0n) is 14.0. The Morgan fingerprint density at radius 2 is 1.76 bits per heavy atom. The lowest BCUT2D eigenvalue weighted by atomic mass is 9.82. The largest absolute Gasteiger partial charge is 0.569 e. The topological polar surface area (TPSA) is 29.5 Å². The minimum atomic E-state index is -0.0451. The van der Waals surface area contributed by atoms with E-state index in [4.69, 9.17) is 9.68 Å². The zero-order chi connectivity index (χ0) is 17.2. The molecule has 4 aromatic rings. The van der Waals surface area contributed by atoms with Crippen LogP contribution in [0.15, 0.2) is 54.6 Å². The molecule has 0 aliphatic heterocycles. The highest BCUT2D eigenvalue weighted by Gasteiger charge is 2.37. The highest BCUT2D eigenvalue weighted by Crippen LogP contribution is 2.54. The van der Waals surface area contributed by atoms with Gasteiger partial charge in [0.2, 0.25) is 0 Å². The van der Waals surface area contributed by atoms with Crippen LogP contribution in [0.3, 0.4) is 0 Å². The third kappa shape index (κ3) is 1.95. The summed E-state index contributed by atoms with van der Waals surface area (Å²) in [5.74, 6) is 0.656. The first-order valence-electron chi connectivity index (χ1n) is 8.33. The first-order chi connectivity index (χ1) is 12.1. The Labute approximate surface area is 151 Å². The summed E-state index contributed by atoms with van der Waals surface area (Å²) in [6.45, 7) is 4.55. The second kappa shape index (κ2) is 5.10. The molecule has 2 nitrogen and oxygen atoms in total. The monoisotopic (exact) mass is 343 g/mol. The third-order valence-electron chi connectivity index (χ3n) is 5.34. The van der Waals surface area contributed by atoms with Crippen LogP contribution in [0.25, 0.3) is 31.3 Å². The molecular formula is C21H16BO2S. The van der Waals surface area contributed by atoms with Crippen LogP contribution in [0.4, 0.5) is 0 Å². The molecule has 1 aliphatic carbocycles. The smallest absolute Gasteiger partial charge is 0.537 e. The standard InChI is InChI=1S/C21H16BO2S/c1-21(2)16-9-7-12(24-22-23)11-15(16)19-17(21)10-8-14-13-5-3-4-6-18(13)25-20(14)19/h3-11,23H,1-2H3. The molecule has 1 heterocycles. The van der Waals surface area contributed by atoms with Gasteiger partial charge in [-0.25, -0.2) is 0 Å². The van der Waals surface area contributed by atoms with E-state index < -0.39 is 0 Å². The fourth-order valence-electron chi connectivity index (χ4n) is 4.13. The lowest BCUT2D eigenvalue weighted by molar-refractivity contribution is 0.454. The number of fused-ring (bicyclic) bond motifs is 7. The lowest BCUT2D eigenvalue weighted by Gasteiger charge is -2.21. The number of thiophene rings is 1. The van der Waals surface area contributed by atoms with E-state index in [9.17, 15) is 0 Å². The Bertz CT molecular complexity index is 1140. The SMILES string of the molecule is CC1(C)c2ccc(O[B]O)cc2-c2c1ccc1c2sc2ccccc21. The van der Waals surface area contributed by atoms with Gasteiger partial charge in [0, 0.05) is 31.2 Å². The van der Waals surface area contributed by atoms with Crippen molar-refractivity contribution >= 4 is 39.2 Å². The molecule has 121 valence electrons. The van der Waals surface area contributed by atoms with Crippen molar-refractivity contribution in [1.29, 1.82) is 0 Å². The summed E-state index contributed by atoms with van der Waals surface area (Å²) in [6.07, 6.45) is 0. The Hall–Kier alpha value is -2.30. The maximum absolute atomic E-state index is 8.99. The molecule has 0 bridgehead atoms. The quantitative estimate of drug-likeness (QED) is 0.503. The normalized spacial score (nSPS) is 14.5. The summed E-state index contributed by atoms with van der Waals surface area (Å²) in [6, 6.07) is 19.2. The molecule has 0 spiro atoms. The average Bonchev–Trinajstić information content (AvgIpc) is 3.09. The first kappa shape index (κ1) is 15.0. The van der Waals surface area contributed by atoms with Crippen LogP contribution in [-0.4, -0.2) is 12.7 Å². The van der Waals surface area contributed by atoms with Crippen molar-refractivity contribution in [3.05, 3.63) is 65.7 Å². The van der Waals surface area contributed by atoms with E-state index in [0.29, 0.717) is 5.75 Å². The molecule has 1 N–H and O–H groups in total. The molecule has 3 aromatic carbocycles. The Morgan fingerprint density at radius 1 is 0.960 bits per heavy atom. The van der Waals surface area contributed by atoms with Gasteiger partial charge in [0.1, 0.15) is 5.75 Å². The molecule has 1 radical (unpaired) electrons. The minimum absolute atomic E-state index is 0.0451. The molecule has 0 amide bonds. The van der Waals surface area contributed by atoms with E-state index in [-0.39, 0.29) is 5.41 Å². The van der Waals surface area contributed by atoms with Gasteiger partial charge in [-0.1, -0.05) is 50.2 Å². The summed E-state index contributed by atoms with van der Waals surface area (Å²) in [5, 5.41) is 11.6. The van der Waals surface area contributed by atoms with Gasteiger partial charge in [-0.2, -0.15) is 0 Å². The average molecular weight is 343 g/mol. The molecule has 4 heteroatoms. The third-order valence-corrected chi connectivity index (χ3v) is 6.55. The van der Waals surface area contributed by atoms with E-state index in [0.717, 1.165) is 7.69 Å². The van der Waals surface area contributed by atoms with Gasteiger partial charge in [0.15, 0.2) is 0 Å². The molecule has 1 aromatic heterocycles. The molecular weight excluding hydrogens is 327 g/mol. The summed E-state index contributed by atoms with van der Waals surface area (Å²) in [7, 11) is 0.739. The summed E-state index contributed by atoms with van der Waals surface area (Å²) in [5.41, 5.74) is 5.12. The van der Waals surface area contributed by atoms with Crippen molar-refractivity contribution in [2.24, 2.45) is 0 Å². The predicted molar refractivity (Wildman–Crippen MR) is 105 cm³/mol. The first-order valence-corrected chi connectivity index (χ1v) is 9.15. The summed E-state index contributed by atoms with van der Waals surface area (Å²) in [4.78, 5) is 0. The van der Waals surface area contributed by atoms with E-state index in [2.05, 4.69) is 56.3 Å². The molecule has 0 saturated heterocycles. The van der Waals surface area contributed by atoms with E-state index in [1.54, 1.807) is 0 Å². The number of hydrogen-bond acceptors (Lipinski definition) is 3. The molecule has 1 aliphatic rings. The van der Waals surface area contributed by atoms with E-state index in [1.807, 2.05) is 23.5 Å². The maximum atomic E-state index is 8.99. The Balaban J connectivity index is 1.90. The van der Waals surface area contributed by atoms with Crippen LogP contribution < -0.4 is 4.65 Å². The van der Waals surface area contributed by atoms with Crippen molar-refractivity contribution < 1.29 is 9.68 Å². The number of rotatable bonds is 2. The van der Waals surface area contributed by atoms with Crippen molar-refractivity contribution in [3.8, 4) is 16.9 Å². The van der Waals surface area contributed by atoms with Crippen LogP contribution >= 0.6 is 11.3 Å². The second-order valence-electron chi connectivity index (χ2n) is 7.02. The van der Waals surface area contributed by atoms with Crippen LogP contribution in [-0.2, 0) is 5.41 Å². The van der Waals surface area contributed by atoms with Gasteiger partial charge in [-0.05, 0) is 34.9 Å². The van der Waals surface area contributed by atoms with Gasteiger partial charge in [-0.3, -0.25) is 0 Å². The predicted octanol–water partition coefficient (Wildman–Crippen LogP) is 5.27. The molecule has 0 fully saturated rings. The van der Waals surface area contributed by atoms with E-state index >= 15 is 0 Å². The molecule has 25 heavy (non-hydrogen) atoms. The second-order valence-corrected chi connectivity index (χ2v) is 8.07. The molecule has 0 atom stereocenters. The number of hydrogen-bond donors (Lipinski definition) is 1. The maximum Gasteiger partial charge on any atom is 0.569 e. The van der Waals surface area contributed by atoms with Gasteiger partial charge in [-0.15, -0.1) is 11.3 Å². The van der Waals surface area contributed by atoms with Gasteiger partial charge >= 0.3 is 7.69 Å². The summed E-state index contributed by atoms with van der Waals surface area (Å²) >= 11 is 1.85. The van der Waals surface area contributed by atoms with Crippen LogP contribution in [0.1, 0.15) is 25.0 Å². The Morgan fingerprint density at radius 3 is 2.60 bits per heavy atom. The van der Waals surface area contributed by atoms with Crippen LogP contribution in [0.2, 0.25) is 0 Å². The van der Waals surface area contributed by atoms with Crippen molar-refractivity contribution in [3.63, 3.8) is 0 Å². The number of benzene rings is 3. The minimum Gasteiger partial charge on any atom is -0.537 e. The van der Waals surface area contributed by atoms with E-state index in [1.165, 1.54) is 42.4 Å². The van der Waals surface area contributed by atoms with Crippen LogP contribution in [0, 0.1) is 0 Å². The molecule has 0 unspecified atom stereocenters. The lowest BCUT2D eigenvalue weighted by Crippen LogP contribution is -2.14. The summed E-state index contributed by atoms with van der Waals surface area (Å²) < 4.78 is 7.86. The van der Waals surface area contributed by atoms with Crippen molar-refractivity contribution in [2.45, 2.75) is 19.3 Å². The van der Waals surface area contributed by atoms with Gasteiger partial charge in [0.05, 0.1) is 0 Å². The fraction of sp³-hybridized carbons (Fsp3) is 0.143. The molecule has 5 rings (SSSR count).